The number of carbonyl (C=O) groups excluding carboxylic acids is 1. The number of benzene rings is 1. The molecule has 0 radical (unpaired) electrons. The van der Waals surface area contributed by atoms with Crippen LogP contribution in [0.2, 0.25) is 0 Å². The zero-order valence-corrected chi connectivity index (χ0v) is 11.1. The van der Waals surface area contributed by atoms with Gasteiger partial charge in [-0.3, -0.25) is 4.79 Å². The Balaban J connectivity index is 2.23. The zero-order chi connectivity index (χ0) is 13.0. The number of ether oxygens (including phenoxy) is 1. The standard InChI is InChI=1S/C15H21NO2/c1-3-11-7-5-6-8-12(11)13-9-16-10-14(13)15(17)18-4-2/h5-8,13-14,16H,3-4,9-10H2,1-2H3/t13-,14+/m0/s1. The van der Waals surface area contributed by atoms with E-state index < -0.39 is 0 Å². The van der Waals surface area contributed by atoms with Crippen LogP contribution in [0.25, 0.3) is 0 Å². The van der Waals surface area contributed by atoms with Gasteiger partial charge in [-0.15, -0.1) is 0 Å². The molecule has 0 aliphatic carbocycles. The van der Waals surface area contributed by atoms with E-state index in [4.69, 9.17) is 4.74 Å². The third-order valence-corrected chi connectivity index (χ3v) is 3.64. The van der Waals surface area contributed by atoms with Crippen LogP contribution in [0.4, 0.5) is 0 Å². The van der Waals surface area contributed by atoms with E-state index in [9.17, 15) is 4.79 Å². The van der Waals surface area contributed by atoms with Gasteiger partial charge in [0.2, 0.25) is 0 Å². The molecule has 0 amide bonds. The summed E-state index contributed by atoms with van der Waals surface area (Å²) in [6.07, 6.45) is 1.00. The fraction of sp³-hybridized carbons (Fsp3) is 0.533. The van der Waals surface area contributed by atoms with Gasteiger partial charge in [0.1, 0.15) is 0 Å². The number of hydrogen-bond donors (Lipinski definition) is 1. The molecule has 1 aliphatic rings. The molecule has 3 nitrogen and oxygen atoms in total. The van der Waals surface area contributed by atoms with Crippen molar-refractivity contribution in [2.24, 2.45) is 5.92 Å². The fourth-order valence-electron chi connectivity index (χ4n) is 2.72. The van der Waals surface area contributed by atoms with Crippen molar-refractivity contribution in [3.8, 4) is 0 Å². The lowest BCUT2D eigenvalue weighted by molar-refractivity contribution is -0.147. The zero-order valence-electron chi connectivity index (χ0n) is 11.1. The van der Waals surface area contributed by atoms with E-state index in [0.29, 0.717) is 6.61 Å². The van der Waals surface area contributed by atoms with Gasteiger partial charge in [0.15, 0.2) is 0 Å². The van der Waals surface area contributed by atoms with E-state index in [-0.39, 0.29) is 17.8 Å². The number of aryl methyl sites for hydroxylation is 1. The Kier molecular flexibility index (Phi) is 4.37. The molecule has 1 saturated heterocycles. The van der Waals surface area contributed by atoms with Crippen LogP contribution in [0.5, 0.6) is 0 Å². The minimum Gasteiger partial charge on any atom is -0.466 e. The Labute approximate surface area is 109 Å². The molecule has 2 rings (SSSR count). The second-order valence-electron chi connectivity index (χ2n) is 4.68. The molecule has 98 valence electrons. The number of hydrogen-bond acceptors (Lipinski definition) is 3. The average molecular weight is 247 g/mol. The molecule has 1 heterocycles. The average Bonchev–Trinajstić information content (AvgIpc) is 2.88. The quantitative estimate of drug-likeness (QED) is 0.828. The van der Waals surface area contributed by atoms with Crippen LogP contribution in [0.3, 0.4) is 0 Å². The van der Waals surface area contributed by atoms with Gasteiger partial charge in [-0.2, -0.15) is 0 Å². The van der Waals surface area contributed by atoms with Gasteiger partial charge in [0.25, 0.3) is 0 Å². The largest absolute Gasteiger partial charge is 0.466 e. The van der Waals surface area contributed by atoms with Crippen molar-refractivity contribution in [1.29, 1.82) is 0 Å². The van der Waals surface area contributed by atoms with Gasteiger partial charge in [-0.05, 0) is 24.5 Å². The Morgan fingerprint density at radius 1 is 1.33 bits per heavy atom. The lowest BCUT2D eigenvalue weighted by atomic mass is 9.85. The first-order valence-electron chi connectivity index (χ1n) is 6.73. The summed E-state index contributed by atoms with van der Waals surface area (Å²) in [6.45, 7) is 6.05. The minimum absolute atomic E-state index is 0.0438. The van der Waals surface area contributed by atoms with Gasteiger partial charge in [-0.1, -0.05) is 31.2 Å². The summed E-state index contributed by atoms with van der Waals surface area (Å²) >= 11 is 0. The SMILES string of the molecule is CCOC(=O)[C@@H]1CNC[C@H]1c1ccccc1CC. The third kappa shape index (κ3) is 2.56. The molecule has 0 aromatic heterocycles. The van der Waals surface area contributed by atoms with Crippen molar-refractivity contribution in [3.05, 3.63) is 35.4 Å². The lowest BCUT2D eigenvalue weighted by Gasteiger charge is -2.20. The Morgan fingerprint density at radius 3 is 2.83 bits per heavy atom. The summed E-state index contributed by atoms with van der Waals surface area (Å²) in [6, 6.07) is 8.40. The van der Waals surface area contributed by atoms with Gasteiger partial charge < -0.3 is 10.1 Å². The molecule has 1 fully saturated rings. The second-order valence-corrected chi connectivity index (χ2v) is 4.68. The predicted octanol–water partition coefficient (Wildman–Crippen LogP) is 2.12. The molecule has 2 atom stereocenters. The smallest absolute Gasteiger partial charge is 0.310 e. The molecule has 0 spiro atoms. The van der Waals surface area contributed by atoms with Crippen molar-refractivity contribution in [3.63, 3.8) is 0 Å². The molecule has 1 aliphatic heterocycles. The Morgan fingerprint density at radius 2 is 2.11 bits per heavy atom. The summed E-state index contributed by atoms with van der Waals surface area (Å²) < 4.78 is 5.17. The highest BCUT2D eigenvalue weighted by atomic mass is 16.5. The maximum Gasteiger partial charge on any atom is 0.310 e. The van der Waals surface area contributed by atoms with Crippen molar-refractivity contribution in [1.82, 2.24) is 5.32 Å². The van der Waals surface area contributed by atoms with Crippen molar-refractivity contribution >= 4 is 5.97 Å². The van der Waals surface area contributed by atoms with Crippen LogP contribution in [-0.2, 0) is 16.0 Å². The third-order valence-electron chi connectivity index (χ3n) is 3.64. The van der Waals surface area contributed by atoms with Crippen LogP contribution >= 0.6 is 0 Å². The molecule has 0 unspecified atom stereocenters. The molecule has 1 aromatic rings. The van der Waals surface area contributed by atoms with E-state index in [1.807, 2.05) is 6.92 Å². The summed E-state index contributed by atoms with van der Waals surface area (Å²) in [5, 5.41) is 3.31. The summed E-state index contributed by atoms with van der Waals surface area (Å²) in [7, 11) is 0. The molecule has 0 bridgehead atoms. The summed E-state index contributed by atoms with van der Waals surface area (Å²) in [5.74, 6) is 0.135. The summed E-state index contributed by atoms with van der Waals surface area (Å²) in [5.41, 5.74) is 2.63. The highest BCUT2D eigenvalue weighted by molar-refractivity contribution is 5.74. The van der Waals surface area contributed by atoms with E-state index in [1.165, 1.54) is 11.1 Å². The number of nitrogens with one attached hydrogen (secondary N) is 1. The monoisotopic (exact) mass is 247 g/mol. The molecule has 3 heteroatoms. The predicted molar refractivity (Wildman–Crippen MR) is 71.6 cm³/mol. The summed E-state index contributed by atoms with van der Waals surface area (Å²) in [4.78, 5) is 12.0. The molecule has 18 heavy (non-hydrogen) atoms. The van der Waals surface area contributed by atoms with E-state index >= 15 is 0 Å². The van der Waals surface area contributed by atoms with Crippen molar-refractivity contribution in [2.75, 3.05) is 19.7 Å². The molecular formula is C15H21NO2. The number of carbonyl (C=O) groups is 1. The van der Waals surface area contributed by atoms with Gasteiger partial charge >= 0.3 is 5.97 Å². The Hall–Kier alpha value is -1.35. The molecule has 1 N–H and O–H groups in total. The highest BCUT2D eigenvalue weighted by Gasteiger charge is 2.35. The maximum absolute atomic E-state index is 12.0. The van der Waals surface area contributed by atoms with E-state index in [2.05, 4.69) is 36.5 Å². The number of esters is 1. The van der Waals surface area contributed by atoms with E-state index in [0.717, 1.165) is 19.5 Å². The van der Waals surface area contributed by atoms with Gasteiger partial charge in [-0.25, -0.2) is 0 Å². The minimum atomic E-state index is -0.0709. The topological polar surface area (TPSA) is 38.3 Å². The van der Waals surface area contributed by atoms with Gasteiger partial charge in [0.05, 0.1) is 12.5 Å². The first-order valence-corrected chi connectivity index (χ1v) is 6.73. The van der Waals surface area contributed by atoms with Crippen molar-refractivity contribution in [2.45, 2.75) is 26.2 Å². The van der Waals surface area contributed by atoms with E-state index in [1.54, 1.807) is 0 Å². The van der Waals surface area contributed by atoms with Crippen LogP contribution in [0.15, 0.2) is 24.3 Å². The lowest BCUT2D eigenvalue weighted by Crippen LogP contribution is -2.24. The van der Waals surface area contributed by atoms with Crippen molar-refractivity contribution < 1.29 is 9.53 Å². The first-order chi connectivity index (χ1) is 8.77. The van der Waals surface area contributed by atoms with Crippen LogP contribution in [0.1, 0.15) is 30.9 Å². The van der Waals surface area contributed by atoms with Gasteiger partial charge in [0, 0.05) is 19.0 Å². The molecule has 1 aromatic carbocycles. The molecule has 0 saturated carbocycles. The van der Waals surface area contributed by atoms with Crippen LogP contribution < -0.4 is 5.32 Å². The highest BCUT2D eigenvalue weighted by Crippen LogP contribution is 2.31. The fourth-order valence-corrected chi connectivity index (χ4v) is 2.72. The van der Waals surface area contributed by atoms with Crippen LogP contribution in [-0.4, -0.2) is 25.7 Å². The van der Waals surface area contributed by atoms with Crippen LogP contribution in [0, 0.1) is 5.92 Å². The second kappa shape index (κ2) is 6.01. The number of rotatable bonds is 4. The Bertz CT molecular complexity index is 417. The normalized spacial score (nSPS) is 23.0. The maximum atomic E-state index is 12.0. The molecular weight excluding hydrogens is 226 g/mol. The first kappa shape index (κ1) is 13.1.